The maximum absolute atomic E-state index is 11.6. The zero-order chi connectivity index (χ0) is 12.5. The Bertz CT molecular complexity index is 363. The van der Waals surface area contributed by atoms with Crippen molar-refractivity contribution in [2.75, 3.05) is 0 Å². The highest BCUT2D eigenvalue weighted by Gasteiger charge is 2.13. The van der Waals surface area contributed by atoms with Crippen LogP contribution in [0.4, 0.5) is 0 Å². The van der Waals surface area contributed by atoms with Crippen molar-refractivity contribution in [3.05, 3.63) is 30.3 Å². The summed E-state index contributed by atoms with van der Waals surface area (Å²) in [5.41, 5.74) is 2.44. The first kappa shape index (κ1) is 13.2. The first-order chi connectivity index (χ1) is 8.24. The van der Waals surface area contributed by atoms with Gasteiger partial charge in [0.2, 0.25) is 0 Å². The molecule has 4 heteroatoms. The van der Waals surface area contributed by atoms with E-state index in [0.29, 0.717) is 5.75 Å². The summed E-state index contributed by atoms with van der Waals surface area (Å²) >= 11 is 0. The first-order valence-electron chi connectivity index (χ1n) is 5.77. The minimum atomic E-state index is -0.559. The van der Waals surface area contributed by atoms with E-state index in [4.69, 9.17) is 4.74 Å². The van der Waals surface area contributed by atoms with E-state index in [9.17, 15) is 4.79 Å². The van der Waals surface area contributed by atoms with E-state index in [-0.39, 0.29) is 5.91 Å². The number of amides is 1. The van der Waals surface area contributed by atoms with Crippen molar-refractivity contribution < 1.29 is 9.53 Å². The SMILES string of the molecule is CCC/C=N/NC(=O)C(C)Oc1ccccc1. The lowest BCUT2D eigenvalue weighted by molar-refractivity contribution is -0.127. The summed E-state index contributed by atoms with van der Waals surface area (Å²) in [6.45, 7) is 3.74. The molecule has 1 N–H and O–H groups in total. The summed E-state index contributed by atoms with van der Waals surface area (Å²) in [4.78, 5) is 11.6. The Hall–Kier alpha value is -1.84. The van der Waals surface area contributed by atoms with Gasteiger partial charge in [-0.25, -0.2) is 5.43 Å². The van der Waals surface area contributed by atoms with Gasteiger partial charge in [-0.1, -0.05) is 31.5 Å². The zero-order valence-electron chi connectivity index (χ0n) is 10.2. The van der Waals surface area contributed by atoms with Crippen LogP contribution in [-0.2, 0) is 4.79 Å². The molecule has 0 heterocycles. The number of hydrogen-bond donors (Lipinski definition) is 1. The van der Waals surface area contributed by atoms with Crippen molar-refractivity contribution in [2.45, 2.75) is 32.8 Å². The lowest BCUT2D eigenvalue weighted by Gasteiger charge is -2.12. The van der Waals surface area contributed by atoms with E-state index in [0.717, 1.165) is 12.8 Å². The normalized spacial score (nSPS) is 12.4. The largest absolute Gasteiger partial charge is 0.481 e. The number of benzene rings is 1. The van der Waals surface area contributed by atoms with Gasteiger partial charge in [-0.15, -0.1) is 0 Å². The predicted molar refractivity (Wildman–Crippen MR) is 68.1 cm³/mol. The number of carbonyl (C=O) groups is 1. The second-order valence-electron chi connectivity index (χ2n) is 3.65. The number of ether oxygens (including phenoxy) is 1. The molecule has 1 atom stereocenters. The van der Waals surface area contributed by atoms with Crippen LogP contribution in [0.5, 0.6) is 5.75 Å². The van der Waals surface area contributed by atoms with Gasteiger partial charge in [0.15, 0.2) is 6.10 Å². The Balaban J connectivity index is 2.37. The second-order valence-corrected chi connectivity index (χ2v) is 3.65. The van der Waals surface area contributed by atoms with Gasteiger partial charge in [0.25, 0.3) is 5.91 Å². The van der Waals surface area contributed by atoms with Crippen molar-refractivity contribution in [2.24, 2.45) is 5.10 Å². The monoisotopic (exact) mass is 234 g/mol. The Morgan fingerprint density at radius 3 is 2.82 bits per heavy atom. The van der Waals surface area contributed by atoms with E-state index in [1.165, 1.54) is 0 Å². The molecule has 0 aromatic heterocycles. The van der Waals surface area contributed by atoms with Crippen LogP contribution in [0.1, 0.15) is 26.7 Å². The summed E-state index contributed by atoms with van der Waals surface area (Å²) in [6, 6.07) is 9.24. The molecule has 1 rings (SSSR count). The Morgan fingerprint density at radius 1 is 1.47 bits per heavy atom. The third-order valence-corrected chi connectivity index (χ3v) is 2.11. The maximum atomic E-state index is 11.6. The molecule has 0 aliphatic heterocycles. The molecule has 0 spiro atoms. The van der Waals surface area contributed by atoms with Gasteiger partial charge in [0, 0.05) is 6.21 Å². The van der Waals surface area contributed by atoms with Gasteiger partial charge in [-0.3, -0.25) is 4.79 Å². The number of nitrogens with one attached hydrogen (secondary N) is 1. The van der Waals surface area contributed by atoms with Crippen LogP contribution < -0.4 is 10.2 Å². The minimum absolute atomic E-state index is 0.249. The fourth-order valence-electron chi connectivity index (χ4n) is 1.15. The predicted octanol–water partition coefficient (Wildman–Crippen LogP) is 2.36. The molecule has 0 aliphatic carbocycles. The van der Waals surface area contributed by atoms with E-state index in [1.54, 1.807) is 13.1 Å². The quantitative estimate of drug-likeness (QED) is 0.606. The molecule has 0 saturated carbocycles. The summed E-state index contributed by atoms with van der Waals surface area (Å²) in [5.74, 6) is 0.425. The van der Waals surface area contributed by atoms with Gasteiger partial charge in [-0.05, 0) is 25.5 Å². The van der Waals surface area contributed by atoms with Crippen LogP contribution in [0.2, 0.25) is 0 Å². The van der Waals surface area contributed by atoms with Gasteiger partial charge in [0.05, 0.1) is 0 Å². The molecule has 1 aromatic carbocycles. The van der Waals surface area contributed by atoms with E-state index in [2.05, 4.69) is 17.5 Å². The molecule has 92 valence electrons. The third kappa shape index (κ3) is 5.15. The number of hydrogen-bond acceptors (Lipinski definition) is 3. The molecule has 0 aliphatic rings. The van der Waals surface area contributed by atoms with Crippen molar-refractivity contribution in [3.8, 4) is 5.75 Å². The molecular formula is C13H18N2O2. The lowest BCUT2D eigenvalue weighted by atomic mass is 10.3. The van der Waals surface area contributed by atoms with E-state index >= 15 is 0 Å². The topological polar surface area (TPSA) is 50.7 Å². The molecule has 1 amide bonds. The lowest BCUT2D eigenvalue weighted by Crippen LogP contribution is -2.33. The number of hydrazone groups is 1. The standard InChI is InChI=1S/C13H18N2O2/c1-3-4-10-14-15-13(16)11(2)17-12-8-6-5-7-9-12/h5-11H,3-4H2,1-2H3,(H,15,16)/b14-10+. The van der Waals surface area contributed by atoms with E-state index in [1.807, 2.05) is 30.3 Å². The number of nitrogens with zero attached hydrogens (tertiary/aromatic N) is 1. The highest BCUT2D eigenvalue weighted by molar-refractivity contribution is 5.81. The van der Waals surface area contributed by atoms with Crippen molar-refractivity contribution in [3.63, 3.8) is 0 Å². The molecule has 1 unspecified atom stereocenters. The van der Waals surface area contributed by atoms with Crippen LogP contribution >= 0.6 is 0 Å². The molecular weight excluding hydrogens is 216 g/mol. The first-order valence-corrected chi connectivity index (χ1v) is 5.77. The summed E-state index contributed by atoms with van der Waals surface area (Å²) in [7, 11) is 0. The molecule has 0 fully saturated rings. The maximum Gasteiger partial charge on any atom is 0.280 e. The summed E-state index contributed by atoms with van der Waals surface area (Å²) < 4.78 is 5.45. The zero-order valence-corrected chi connectivity index (χ0v) is 10.2. The van der Waals surface area contributed by atoms with Gasteiger partial charge < -0.3 is 4.74 Å². The molecule has 0 bridgehead atoms. The van der Waals surface area contributed by atoms with Crippen molar-refractivity contribution in [1.82, 2.24) is 5.43 Å². The van der Waals surface area contributed by atoms with Crippen molar-refractivity contribution >= 4 is 12.1 Å². The molecule has 4 nitrogen and oxygen atoms in total. The minimum Gasteiger partial charge on any atom is -0.481 e. The Morgan fingerprint density at radius 2 is 2.18 bits per heavy atom. The fourth-order valence-corrected chi connectivity index (χ4v) is 1.15. The van der Waals surface area contributed by atoms with Crippen molar-refractivity contribution in [1.29, 1.82) is 0 Å². The van der Waals surface area contributed by atoms with E-state index < -0.39 is 6.10 Å². The Kier molecular flexibility index (Phi) is 5.79. The smallest absolute Gasteiger partial charge is 0.280 e. The average molecular weight is 234 g/mol. The molecule has 1 aromatic rings. The average Bonchev–Trinajstić information content (AvgIpc) is 2.35. The number of para-hydroxylation sites is 1. The van der Waals surface area contributed by atoms with Gasteiger partial charge in [0.1, 0.15) is 5.75 Å². The number of unbranched alkanes of at least 4 members (excludes halogenated alkanes) is 1. The van der Waals surface area contributed by atoms with Crippen LogP contribution in [0.25, 0.3) is 0 Å². The van der Waals surface area contributed by atoms with Gasteiger partial charge in [-0.2, -0.15) is 5.10 Å². The van der Waals surface area contributed by atoms with Crippen LogP contribution in [0.3, 0.4) is 0 Å². The number of carbonyl (C=O) groups excluding carboxylic acids is 1. The van der Waals surface area contributed by atoms with Crippen LogP contribution in [0.15, 0.2) is 35.4 Å². The highest BCUT2D eigenvalue weighted by atomic mass is 16.5. The fraction of sp³-hybridized carbons (Fsp3) is 0.385. The molecule has 0 saturated heterocycles. The highest BCUT2D eigenvalue weighted by Crippen LogP contribution is 2.10. The molecule has 17 heavy (non-hydrogen) atoms. The van der Waals surface area contributed by atoms with Gasteiger partial charge >= 0.3 is 0 Å². The van der Waals surface area contributed by atoms with Crippen LogP contribution in [0, 0.1) is 0 Å². The number of rotatable bonds is 6. The summed E-state index contributed by atoms with van der Waals surface area (Å²) in [6.07, 6.45) is 2.99. The summed E-state index contributed by atoms with van der Waals surface area (Å²) in [5, 5.41) is 3.82. The third-order valence-electron chi connectivity index (χ3n) is 2.11. The molecule has 0 radical (unpaired) electrons. The Labute approximate surface area is 102 Å². The van der Waals surface area contributed by atoms with Crippen LogP contribution in [-0.4, -0.2) is 18.2 Å². The second kappa shape index (κ2) is 7.44.